The molecule has 4 aromatic rings. The van der Waals surface area contributed by atoms with Crippen molar-refractivity contribution >= 4 is 39.1 Å². The minimum atomic E-state index is -4.15. The highest BCUT2D eigenvalue weighted by Gasteiger charge is 2.34. The molecule has 0 bridgehead atoms. The lowest BCUT2D eigenvalue weighted by molar-refractivity contribution is -0.140. The van der Waals surface area contributed by atoms with Crippen molar-refractivity contribution in [1.82, 2.24) is 10.2 Å². The van der Waals surface area contributed by atoms with Gasteiger partial charge in [-0.1, -0.05) is 83.9 Å². The van der Waals surface area contributed by atoms with E-state index in [0.29, 0.717) is 10.7 Å². The average molecular weight is 632 g/mol. The molecule has 4 rings (SSSR count). The number of rotatable bonds is 12. The fourth-order valence-electron chi connectivity index (χ4n) is 4.87. The summed E-state index contributed by atoms with van der Waals surface area (Å²) in [5.41, 5.74) is 3.73. The lowest BCUT2D eigenvalue weighted by Crippen LogP contribution is -2.54. The zero-order valence-corrected chi connectivity index (χ0v) is 27.0. The fourth-order valence-corrected chi connectivity index (χ4v) is 6.40. The third-order valence-corrected chi connectivity index (χ3v) is 9.19. The second-order valence-corrected chi connectivity index (χ2v) is 13.5. The molecule has 1 N–H and O–H groups in total. The number of amides is 2. The molecule has 0 unspecified atom stereocenters. The SMILES string of the molecule is Cc1ccc(S(=O)(=O)N(CC(=O)N(Cc2ccc(Cl)cc2)[C@H](Cc2ccccc2)C(=O)NC(C)C)c2cccc(C)c2)cc1. The molecule has 0 fully saturated rings. The second-order valence-electron chi connectivity index (χ2n) is 11.2. The summed E-state index contributed by atoms with van der Waals surface area (Å²) >= 11 is 6.14. The van der Waals surface area contributed by atoms with Gasteiger partial charge in [0.2, 0.25) is 11.8 Å². The fraction of sp³-hybridized carbons (Fsp3) is 0.257. The van der Waals surface area contributed by atoms with E-state index in [4.69, 9.17) is 11.6 Å². The summed E-state index contributed by atoms with van der Waals surface area (Å²) in [6.07, 6.45) is 0.244. The Hall–Kier alpha value is -4.14. The Balaban J connectivity index is 1.80. The maximum atomic E-state index is 14.5. The Morgan fingerprint density at radius 2 is 1.45 bits per heavy atom. The molecule has 9 heteroatoms. The van der Waals surface area contributed by atoms with E-state index in [0.717, 1.165) is 26.6 Å². The smallest absolute Gasteiger partial charge is 0.264 e. The number of aryl methyl sites for hydroxylation is 2. The van der Waals surface area contributed by atoms with Gasteiger partial charge in [-0.3, -0.25) is 13.9 Å². The Morgan fingerprint density at radius 1 is 0.795 bits per heavy atom. The average Bonchev–Trinajstić information content (AvgIpc) is 2.98. The summed E-state index contributed by atoms with van der Waals surface area (Å²) in [7, 11) is -4.15. The standard InChI is InChI=1S/C35H38ClN3O4S/c1-25(2)37-35(41)33(22-28-10-6-5-7-11-28)38(23-29-15-17-30(36)18-16-29)34(40)24-39(31-12-8-9-27(4)21-31)44(42,43)32-19-13-26(3)14-20-32/h5-21,25,33H,22-24H2,1-4H3,(H,37,41)/t33-/m1/s1. The van der Waals surface area contributed by atoms with Crippen LogP contribution in [0.15, 0.2) is 108 Å². The number of nitrogens with zero attached hydrogens (tertiary/aromatic N) is 2. The first-order chi connectivity index (χ1) is 20.9. The van der Waals surface area contributed by atoms with Crippen LogP contribution in [-0.2, 0) is 32.6 Å². The number of carbonyl (C=O) groups is 2. The van der Waals surface area contributed by atoms with Crippen LogP contribution in [0.5, 0.6) is 0 Å². The molecule has 0 radical (unpaired) electrons. The Morgan fingerprint density at radius 3 is 2.07 bits per heavy atom. The van der Waals surface area contributed by atoms with Crippen LogP contribution in [0.3, 0.4) is 0 Å². The highest BCUT2D eigenvalue weighted by Crippen LogP contribution is 2.26. The van der Waals surface area contributed by atoms with Crippen LogP contribution in [0.25, 0.3) is 0 Å². The van der Waals surface area contributed by atoms with Gasteiger partial charge in [0.05, 0.1) is 10.6 Å². The predicted molar refractivity (Wildman–Crippen MR) is 176 cm³/mol. The molecule has 4 aromatic carbocycles. The molecule has 44 heavy (non-hydrogen) atoms. The first kappa shape index (κ1) is 32.8. The lowest BCUT2D eigenvalue weighted by atomic mass is 10.0. The summed E-state index contributed by atoms with van der Waals surface area (Å²) in [6, 6.07) is 29.0. The maximum absolute atomic E-state index is 14.5. The molecular formula is C35H38ClN3O4S. The zero-order valence-electron chi connectivity index (χ0n) is 25.4. The number of anilines is 1. The zero-order chi connectivity index (χ0) is 31.9. The predicted octanol–water partition coefficient (Wildman–Crippen LogP) is 6.32. The Bertz CT molecular complexity index is 1680. The normalized spacial score (nSPS) is 12.0. The number of hydrogen-bond acceptors (Lipinski definition) is 4. The van der Waals surface area contributed by atoms with Crippen molar-refractivity contribution in [2.75, 3.05) is 10.8 Å². The van der Waals surface area contributed by atoms with E-state index in [1.165, 1.54) is 17.0 Å². The van der Waals surface area contributed by atoms with Crippen LogP contribution >= 0.6 is 11.6 Å². The summed E-state index contributed by atoms with van der Waals surface area (Å²) < 4.78 is 29.3. The monoisotopic (exact) mass is 631 g/mol. The van der Waals surface area contributed by atoms with E-state index in [9.17, 15) is 18.0 Å². The van der Waals surface area contributed by atoms with E-state index < -0.39 is 28.5 Å². The first-order valence-electron chi connectivity index (χ1n) is 14.5. The van der Waals surface area contributed by atoms with Gasteiger partial charge in [-0.2, -0.15) is 0 Å². The molecule has 0 aromatic heterocycles. The number of benzene rings is 4. The highest BCUT2D eigenvalue weighted by molar-refractivity contribution is 7.92. The maximum Gasteiger partial charge on any atom is 0.264 e. The molecular weight excluding hydrogens is 594 g/mol. The van der Waals surface area contributed by atoms with E-state index in [-0.39, 0.29) is 29.8 Å². The van der Waals surface area contributed by atoms with Crippen molar-refractivity contribution in [1.29, 1.82) is 0 Å². The molecule has 2 amide bonds. The Kier molecular flexibility index (Phi) is 10.8. The molecule has 0 aliphatic carbocycles. The molecule has 1 atom stereocenters. The summed E-state index contributed by atoms with van der Waals surface area (Å²) in [6.45, 7) is 7.02. The van der Waals surface area contributed by atoms with Crippen molar-refractivity contribution in [3.63, 3.8) is 0 Å². The van der Waals surface area contributed by atoms with Crippen molar-refractivity contribution in [3.05, 3.63) is 130 Å². The third-order valence-electron chi connectivity index (χ3n) is 7.15. The van der Waals surface area contributed by atoms with Crippen LogP contribution in [0.4, 0.5) is 5.69 Å². The van der Waals surface area contributed by atoms with Crippen LogP contribution < -0.4 is 9.62 Å². The summed E-state index contributed by atoms with van der Waals surface area (Å²) in [5.74, 6) is -0.841. The van der Waals surface area contributed by atoms with Gasteiger partial charge >= 0.3 is 0 Å². The van der Waals surface area contributed by atoms with Gasteiger partial charge in [0.1, 0.15) is 12.6 Å². The lowest BCUT2D eigenvalue weighted by Gasteiger charge is -2.34. The first-order valence-corrected chi connectivity index (χ1v) is 16.3. The van der Waals surface area contributed by atoms with Gasteiger partial charge in [0.25, 0.3) is 10.0 Å². The van der Waals surface area contributed by atoms with Crippen LogP contribution in [0.1, 0.15) is 36.1 Å². The number of hydrogen-bond donors (Lipinski definition) is 1. The minimum Gasteiger partial charge on any atom is -0.352 e. The highest BCUT2D eigenvalue weighted by atomic mass is 35.5. The van der Waals surface area contributed by atoms with Crippen LogP contribution in [0, 0.1) is 13.8 Å². The molecule has 0 heterocycles. The molecule has 7 nitrogen and oxygen atoms in total. The number of halogens is 1. The van der Waals surface area contributed by atoms with Crippen LogP contribution in [-0.4, -0.2) is 43.8 Å². The van der Waals surface area contributed by atoms with Crippen molar-refractivity contribution in [3.8, 4) is 0 Å². The van der Waals surface area contributed by atoms with Gasteiger partial charge in [-0.05, 0) is 80.8 Å². The number of nitrogens with one attached hydrogen (secondary N) is 1. The molecule has 0 saturated carbocycles. The molecule has 0 aliphatic heterocycles. The van der Waals surface area contributed by atoms with Crippen molar-refractivity contribution < 1.29 is 18.0 Å². The largest absolute Gasteiger partial charge is 0.352 e. The summed E-state index contributed by atoms with van der Waals surface area (Å²) in [4.78, 5) is 29.7. The quantitative estimate of drug-likeness (QED) is 0.198. The van der Waals surface area contributed by atoms with E-state index in [1.54, 1.807) is 54.6 Å². The topological polar surface area (TPSA) is 86.8 Å². The van der Waals surface area contributed by atoms with Crippen LogP contribution in [0.2, 0.25) is 5.02 Å². The van der Waals surface area contributed by atoms with E-state index in [1.807, 2.05) is 64.1 Å². The van der Waals surface area contributed by atoms with E-state index in [2.05, 4.69) is 5.32 Å². The second kappa shape index (κ2) is 14.6. The minimum absolute atomic E-state index is 0.0695. The molecule has 0 saturated heterocycles. The van der Waals surface area contributed by atoms with Gasteiger partial charge in [-0.15, -0.1) is 0 Å². The molecule has 0 aliphatic rings. The number of carbonyl (C=O) groups excluding carboxylic acids is 2. The van der Waals surface area contributed by atoms with Gasteiger partial charge in [0.15, 0.2) is 0 Å². The van der Waals surface area contributed by atoms with Gasteiger partial charge in [-0.25, -0.2) is 8.42 Å². The number of sulfonamides is 1. The van der Waals surface area contributed by atoms with E-state index >= 15 is 0 Å². The van der Waals surface area contributed by atoms with Gasteiger partial charge in [0, 0.05) is 24.0 Å². The molecule has 0 spiro atoms. The van der Waals surface area contributed by atoms with Crippen molar-refractivity contribution in [2.24, 2.45) is 0 Å². The van der Waals surface area contributed by atoms with Crippen molar-refractivity contribution in [2.45, 2.75) is 57.6 Å². The summed E-state index contributed by atoms with van der Waals surface area (Å²) in [5, 5.41) is 3.50. The van der Waals surface area contributed by atoms with Gasteiger partial charge < -0.3 is 10.2 Å². The molecule has 230 valence electrons. The third kappa shape index (κ3) is 8.49. The Labute approximate surface area is 265 Å².